The van der Waals surface area contributed by atoms with Gasteiger partial charge in [-0.05, 0) is 31.7 Å². The minimum absolute atomic E-state index is 0.218. The number of benzene rings is 1. The summed E-state index contributed by atoms with van der Waals surface area (Å²) >= 11 is 0. The Labute approximate surface area is 115 Å². The third-order valence-corrected chi connectivity index (χ3v) is 4.38. The lowest BCUT2D eigenvalue weighted by Crippen LogP contribution is -2.56. The van der Waals surface area contributed by atoms with E-state index in [4.69, 9.17) is 0 Å². The fraction of sp³-hybridized carbons (Fsp3) is 0.562. The Morgan fingerprint density at radius 3 is 2.74 bits per heavy atom. The quantitative estimate of drug-likeness (QED) is 0.880. The van der Waals surface area contributed by atoms with Crippen LogP contribution < -0.4 is 5.32 Å². The van der Waals surface area contributed by atoms with Crippen molar-refractivity contribution in [1.29, 1.82) is 0 Å². The van der Waals surface area contributed by atoms with E-state index < -0.39 is 0 Å². The molecular weight excluding hydrogens is 236 g/mol. The topological polar surface area (TPSA) is 32.3 Å². The Hall–Kier alpha value is -1.35. The highest BCUT2D eigenvalue weighted by molar-refractivity contribution is 5.83. The standard InChI is InChI=1S/C16H22N2O/c1-11-10-18(12(2)9-17-11)16(19)15-8-14(15)13-6-4-3-5-7-13/h3-7,11-12,14-15,17H,8-10H2,1-2H3. The SMILES string of the molecule is CC1CN(C(=O)C2CC2c2ccccc2)C(C)CN1. The minimum atomic E-state index is 0.218. The monoisotopic (exact) mass is 258 g/mol. The summed E-state index contributed by atoms with van der Waals surface area (Å²) in [6, 6.07) is 11.2. The lowest BCUT2D eigenvalue weighted by atomic mass is 10.1. The van der Waals surface area contributed by atoms with Gasteiger partial charge in [0.2, 0.25) is 5.91 Å². The molecule has 1 heterocycles. The number of carbonyl (C=O) groups is 1. The number of hydrogen-bond donors (Lipinski definition) is 1. The van der Waals surface area contributed by atoms with Crippen LogP contribution in [0.2, 0.25) is 0 Å². The molecule has 1 aliphatic heterocycles. The van der Waals surface area contributed by atoms with Crippen LogP contribution in [0.5, 0.6) is 0 Å². The summed E-state index contributed by atoms with van der Waals surface area (Å²) < 4.78 is 0. The van der Waals surface area contributed by atoms with E-state index in [0.29, 0.717) is 23.9 Å². The number of piperazine rings is 1. The van der Waals surface area contributed by atoms with Gasteiger partial charge in [-0.25, -0.2) is 0 Å². The minimum Gasteiger partial charge on any atom is -0.337 e. The Bertz CT molecular complexity index is 459. The van der Waals surface area contributed by atoms with E-state index in [9.17, 15) is 4.79 Å². The van der Waals surface area contributed by atoms with Crippen LogP contribution in [0, 0.1) is 5.92 Å². The second-order valence-corrected chi connectivity index (χ2v) is 6.01. The molecule has 0 spiro atoms. The molecule has 1 aromatic carbocycles. The van der Waals surface area contributed by atoms with Crippen LogP contribution in [-0.2, 0) is 4.79 Å². The predicted molar refractivity (Wildman–Crippen MR) is 75.9 cm³/mol. The molecule has 3 heteroatoms. The lowest BCUT2D eigenvalue weighted by molar-refractivity contribution is -0.136. The van der Waals surface area contributed by atoms with Crippen LogP contribution in [0.1, 0.15) is 31.7 Å². The van der Waals surface area contributed by atoms with Gasteiger partial charge in [0.15, 0.2) is 0 Å². The highest BCUT2D eigenvalue weighted by Gasteiger charge is 2.46. The van der Waals surface area contributed by atoms with Crippen molar-refractivity contribution >= 4 is 5.91 Å². The summed E-state index contributed by atoms with van der Waals surface area (Å²) in [6.45, 7) is 6.04. The molecule has 4 unspecified atom stereocenters. The molecule has 4 atom stereocenters. The smallest absolute Gasteiger partial charge is 0.226 e. The molecule has 1 saturated carbocycles. The first-order valence-corrected chi connectivity index (χ1v) is 7.25. The molecule has 1 aliphatic carbocycles. The molecule has 3 rings (SSSR count). The Balaban J connectivity index is 1.66. The summed E-state index contributed by atoms with van der Waals surface area (Å²) in [6.07, 6.45) is 1.02. The van der Waals surface area contributed by atoms with Crippen LogP contribution in [0.25, 0.3) is 0 Å². The first-order chi connectivity index (χ1) is 9.16. The van der Waals surface area contributed by atoms with Gasteiger partial charge in [-0.1, -0.05) is 30.3 Å². The van der Waals surface area contributed by atoms with E-state index in [1.165, 1.54) is 5.56 Å². The maximum absolute atomic E-state index is 12.6. The molecule has 0 bridgehead atoms. The average Bonchev–Trinajstić information content (AvgIpc) is 3.22. The highest BCUT2D eigenvalue weighted by atomic mass is 16.2. The third-order valence-electron chi connectivity index (χ3n) is 4.38. The van der Waals surface area contributed by atoms with Crippen LogP contribution >= 0.6 is 0 Å². The molecule has 1 saturated heterocycles. The predicted octanol–water partition coefficient (Wildman–Crippen LogP) is 2.00. The van der Waals surface area contributed by atoms with Crippen molar-refractivity contribution in [2.24, 2.45) is 5.92 Å². The van der Waals surface area contributed by atoms with E-state index in [-0.39, 0.29) is 5.92 Å². The summed E-state index contributed by atoms with van der Waals surface area (Å²) in [5, 5.41) is 3.42. The van der Waals surface area contributed by atoms with Gasteiger partial charge in [0.25, 0.3) is 0 Å². The van der Waals surface area contributed by atoms with Crippen LogP contribution in [0.15, 0.2) is 30.3 Å². The molecule has 0 aromatic heterocycles. The second kappa shape index (κ2) is 4.97. The molecule has 102 valence electrons. The van der Waals surface area contributed by atoms with E-state index >= 15 is 0 Å². The lowest BCUT2D eigenvalue weighted by Gasteiger charge is -2.37. The molecule has 2 aliphatic rings. The number of nitrogens with one attached hydrogen (secondary N) is 1. The van der Waals surface area contributed by atoms with Crippen LogP contribution in [0.4, 0.5) is 0 Å². The van der Waals surface area contributed by atoms with Crippen molar-refractivity contribution in [3.05, 3.63) is 35.9 Å². The van der Waals surface area contributed by atoms with Gasteiger partial charge in [0.05, 0.1) is 0 Å². The fourth-order valence-electron chi connectivity index (χ4n) is 3.08. The van der Waals surface area contributed by atoms with Crippen molar-refractivity contribution in [2.75, 3.05) is 13.1 Å². The van der Waals surface area contributed by atoms with Gasteiger partial charge >= 0.3 is 0 Å². The fourth-order valence-corrected chi connectivity index (χ4v) is 3.08. The van der Waals surface area contributed by atoms with E-state index in [2.05, 4.69) is 48.3 Å². The molecule has 1 amide bonds. The zero-order chi connectivity index (χ0) is 13.4. The number of amides is 1. The molecule has 1 aromatic rings. The zero-order valence-corrected chi connectivity index (χ0v) is 11.7. The average molecular weight is 258 g/mol. The number of nitrogens with zero attached hydrogens (tertiary/aromatic N) is 1. The number of hydrogen-bond acceptors (Lipinski definition) is 2. The molecule has 19 heavy (non-hydrogen) atoms. The summed E-state index contributed by atoms with van der Waals surface area (Å²) in [5.74, 6) is 1.02. The third kappa shape index (κ3) is 2.52. The maximum atomic E-state index is 12.6. The molecular formula is C16H22N2O. The van der Waals surface area contributed by atoms with Crippen molar-refractivity contribution in [2.45, 2.75) is 38.3 Å². The van der Waals surface area contributed by atoms with E-state index in [1.807, 2.05) is 6.07 Å². The Morgan fingerprint density at radius 1 is 1.26 bits per heavy atom. The van der Waals surface area contributed by atoms with Gasteiger partial charge in [0.1, 0.15) is 0 Å². The van der Waals surface area contributed by atoms with Crippen molar-refractivity contribution in [3.63, 3.8) is 0 Å². The van der Waals surface area contributed by atoms with Gasteiger partial charge in [-0.3, -0.25) is 4.79 Å². The molecule has 3 nitrogen and oxygen atoms in total. The van der Waals surface area contributed by atoms with Crippen molar-refractivity contribution in [3.8, 4) is 0 Å². The molecule has 2 fully saturated rings. The van der Waals surface area contributed by atoms with Crippen molar-refractivity contribution in [1.82, 2.24) is 10.2 Å². The van der Waals surface area contributed by atoms with Gasteiger partial charge in [-0.2, -0.15) is 0 Å². The molecule has 1 N–H and O–H groups in total. The first-order valence-electron chi connectivity index (χ1n) is 7.25. The van der Waals surface area contributed by atoms with E-state index in [0.717, 1.165) is 19.5 Å². The summed E-state index contributed by atoms with van der Waals surface area (Å²) in [5.41, 5.74) is 1.32. The van der Waals surface area contributed by atoms with Crippen molar-refractivity contribution < 1.29 is 4.79 Å². The van der Waals surface area contributed by atoms with Gasteiger partial charge < -0.3 is 10.2 Å². The highest BCUT2D eigenvalue weighted by Crippen LogP contribution is 2.48. The normalized spacial score (nSPS) is 34.1. The maximum Gasteiger partial charge on any atom is 0.226 e. The largest absolute Gasteiger partial charge is 0.337 e. The summed E-state index contributed by atoms with van der Waals surface area (Å²) in [4.78, 5) is 14.7. The van der Waals surface area contributed by atoms with Gasteiger partial charge in [-0.15, -0.1) is 0 Å². The zero-order valence-electron chi connectivity index (χ0n) is 11.7. The Kier molecular flexibility index (Phi) is 3.31. The second-order valence-electron chi connectivity index (χ2n) is 6.01. The van der Waals surface area contributed by atoms with Crippen LogP contribution in [-0.4, -0.2) is 36.0 Å². The first kappa shape index (κ1) is 12.7. The molecule has 0 radical (unpaired) electrons. The van der Waals surface area contributed by atoms with Gasteiger partial charge in [0, 0.05) is 31.1 Å². The van der Waals surface area contributed by atoms with E-state index in [1.54, 1.807) is 0 Å². The van der Waals surface area contributed by atoms with Crippen LogP contribution in [0.3, 0.4) is 0 Å². The summed E-state index contributed by atoms with van der Waals surface area (Å²) in [7, 11) is 0. The Morgan fingerprint density at radius 2 is 2.00 bits per heavy atom. The number of rotatable bonds is 2. The number of carbonyl (C=O) groups excluding carboxylic acids is 1.